The molecule has 1 N–H and O–H groups in total. The number of carbonyl (C=O) groups is 1. The number of allylic oxidation sites excluding steroid dienone is 2. The van der Waals surface area contributed by atoms with Gasteiger partial charge in [-0.3, -0.25) is 4.79 Å². The molecule has 110 valence electrons. The predicted molar refractivity (Wildman–Crippen MR) is 80.7 cm³/mol. The molecule has 2 heterocycles. The SMILES string of the molecule is CC=C(C)c1ccc(C(=O)NCCN2CCCCC2)o1. The molecule has 1 aliphatic rings. The summed E-state index contributed by atoms with van der Waals surface area (Å²) in [6.45, 7) is 7.83. The molecule has 0 aromatic carbocycles. The number of rotatable bonds is 5. The molecule has 2 rings (SSSR count). The van der Waals surface area contributed by atoms with Crippen molar-refractivity contribution in [1.29, 1.82) is 0 Å². The zero-order chi connectivity index (χ0) is 14.4. The Morgan fingerprint density at radius 3 is 2.70 bits per heavy atom. The average molecular weight is 276 g/mol. The first kappa shape index (κ1) is 14.9. The van der Waals surface area contributed by atoms with Crippen molar-refractivity contribution >= 4 is 11.5 Å². The molecule has 0 spiro atoms. The molecule has 1 aromatic rings. The lowest BCUT2D eigenvalue weighted by Gasteiger charge is -2.26. The van der Waals surface area contributed by atoms with Crippen molar-refractivity contribution in [2.24, 2.45) is 0 Å². The lowest BCUT2D eigenvalue weighted by Crippen LogP contribution is -2.37. The van der Waals surface area contributed by atoms with Gasteiger partial charge in [-0.15, -0.1) is 0 Å². The Hall–Kier alpha value is -1.55. The molecule has 4 nitrogen and oxygen atoms in total. The van der Waals surface area contributed by atoms with Gasteiger partial charge in [0.15, 0.2) is 5.76 Å². The maximum absolute atomic E-state index is 12.0. The maximum Gasteiger partial charge on any atom is 0.287 e. The van der Waals surface area contributed by atoms with E-state index in [-0.39, 0.29) is 5.91 Å². The Balaban J connectivity index is 1.78. The first-order chi connectivity index (χ1) is 9.70. The number of hydrogen-bond acceptors (Lipinski definition) is 3. The van der Waals surface area contributed by atoms with E-state index in [1.54, 1.807) is 6.07 Å². The van der Waals surface area contributed by atoms with Gasteiger partial charge in [0.2, 0.25) is 0 Å². The zero-order valence-electron chi connectivity index (χ0n) is 12.4. The Morgan fingerprint density at radius 1 is 1.30 bits per heavy atom. The second kappa shape index (κ2) is 7.29. The van der Waals surface area contributed by atoms with Crippen molar-refractivity contribution in [2.75, 3.05) is 26.2 Å². The first-order valence-electron chi connectivity index (χ1n) is 7.44. The number of hydrogen-bond donors (Lipinski definition) is 1. The Morgan fingerprint density at radius 2 is 2.00 bits per heavy atom. The molecule has 1 aliphatic heterocycles. The first-order valence-corrected chi connectivity index (χ1v) is 7.44. The third-order valence-electron chi connectivity index (χ3n) is 3.81. The number of piperidine rings is 1. The molecule has 0 unspecified atom stereocenters. The fourth-order valence-corrected chi connectivity index (χ4v) is 2.41. The molecule has 0 saturated carbocycles. The lowest BCUT2D eigenvalue weighted by molar-refractivity contribution is 0.0918. The number of nitrogens with one attached hydrogen (secondary N) is 1. The molecule has 0 atom stereocenters. The second-order valence-electron chi connectivity index (χ2n) is 5.29. The Bertz CT molecular complexity index is 471. The van der Waals surface area contributed by atoms with Gasteiger partial charge < -0.3 is 14.6 Å². The van der Waals surface area contributed by atoms with Crippen molar-refractivity contribution in [3.8, 4) is 0 Å². The minimum absolute atomic E-state index is 0.128. The van der Waals surface area contributed by atoms with Crippen LogP contribution in [0.2, 0.25) is 0 Å². The average Bonchev–Trinajstić information content (AvgIpc) is 2.97. The highest BCUT2D eigenvalue weighted by Crippen LogP contribution is 2.16. The third-order valence-corrected chi connectivity index (χ3v) is 3.81. The number of furan rings is 1. The van der Waals surface area contributed by atoms with E-state index < -0.39 is 0 Å². The highest BCUT2D eigenvalue weighted by Gasteiger charge is 2.13. The molecule has 1 saturated heterocycles. The van der Waals surface area contributed by atoms with E-state index in [9.17, 15) is 4.79 Å². The summed E-state index contributed by atoms with van der Waals surface area (Å²) in [5, 5.41) is 2.92. The van der Waals surface area contributed by atoms with Gasteiger partial charge in [-0.1, -0.05) is 12.5 Å². The van der Waals surface area contributed by atoms with Crippen molar-refractivity contribution in [3.05, 3.63) is 29.7 Å². The standard InChI is InChI=1S/C16H24N2O2/c1-3-13(2)14-7-8-15(20-14)16(19)17-9-12-18-10-5-4-6-11-18/h3,7-8H,4-6,9-12H2,1-2H3,(H,17,19). The van der Waals surface area contributed by atoms with Gasteiger partial charge in [0.1, 0.15) is 5.76 Å². The fraction of sp³-hybridized carbons (Fsp3) is 0.562. The number of carbonyl (C=O) groups excluding carboxylic acids is 1. The van der Waals surface area contributed by atoms with Crippen LogP contribution in [-0.2, 0) is 0 Å². The van der Waals surface area contributed by atoms with Crippen LogP contribution in [0.1, 0.15) is 49.4 Å². The molecular formula is C16H24N2O2. The van der Waals surface area contributed by atoms with Crippen molar-refractivity contribution in [2.45, 2.75) is 33.1 Å². The molecule has 20 heavy (non-hydrogen) atoms. The lowest BCUT2D eigenvalue weighted by atomic mass is 10.1. The number of amides is 1. The number of likely N-dealkylation sites (tertiary alicyclic amines) is 1. The van der Waals surface area contributed by atoms with Gasteiger partial charge in [0.25, 0.3) is 5.91 Å². The van der Waals surface area contributed by atoms with E-state index in [1.165, 1.54) is 19.3 Å². The van der Waals surface area contributed by atoms with E-state index in [0.29, 0.717) is 12.3 Å². The van der Waals surface area contributed by atoms with Gasteiger partial charge in [0, 0.05) is 13.1 Å². The summed E-state index contributed by atoms with van der Waals surface area (Å²) in [7, 11) is 0. The predicted octanol–water partition coefficient (Wildman–Crippen LogP) is 2.92. The molecule has 0 bridgehead atoms. The molecule has 1 aromatic heterocycles. The summed E-state index contributed by atoms with van der Waals surface area (Å²) in [6, 6.07) is 3.58. The minimum Gasteiger partial charge on any atom is -0.451 e. The van der Waals surface area contributed by atoms with Crippen LogP contribution in [0.3, 0.4) is 0 Å². The Labute approximate surface area is 120 Å². The summed E-state index contributed by atoms with van der Waals surface area (Å²) in [5.74, 6) is 1.02. The molecule has 4 heteroatoms. The second-order valence-corrected chi connectivity index (χ2v) is 5.29. The van der Waals surface area contributed by atoms with Gasteiger partial charge in [-0.05, 0) is 57.5 Å². The van der Waals surface area contributed by atoms with Crippen molar-refractivity contribution in [1.82, 2.24) is 10.2 Å². The van der Waals surface area contributed by atoms with E-state index in [4.69, 9.17) is 4.42 Å². The van der Waals surface area contributed by atoms with E-state index in [0.717, 1.165) is 31.0 Å². The zero-order valence-corrected chi connectivity index (χ0v) is 12.4. The molecule has 1 amide bonds. The smallest absolute Gasteiger partial charge is 0.287 e. The quantitative estimate of drug-likeness (QED) is 0.899. The largest absolute Gasteiger partial charge is 0.451 e. The summed E-state index contributed by atoms with van der Waals surface area (Å²) in [6.07, 6.45) is 5.86. The normalized spacial score (nSPS) is 17.2. The summed E-state index contributed by atoms with van der Waals surface area (Å²) >= 11 is 0. The van der Waals surface area contributed by atoms with Crippen LogP contribution in [0.5, 0.6) is 0 Å². The van der Waals surface area contributed by atoms with E-state index in [1.807, 2.05) is 26.0 Å². The van der Waals surface area contributed by atoms with Crippen molar-refractivity contribution in [3.63, 3.8) is 0 Å². The van der Waals surface area contributed by atoms with Gasteiger partial charge >= 0.3 is 0 Å². The highest BCUT2D eigenvalue weighted by molar-refractivity contribution is 5.91. The monoisotopic (exact) mass is 276 g/mol. The number of nitrogens with zero attached hydrogens (tertiary/aromatic N) is 1. The van der Waals surface area contributed by atoms with Gasteiger partial charge in [0.05, 0.1) is 0 Å². The molecule has 1 fully saturated rings. The maximum atomic E-state index is 12.0. The topological polar surface area (TPSA) is 45.5 Å². The van der Waals surface area contributed by atoms with Gasteiger partial charge in [-0.2, -0.15) is 0 Å². The van der Waals surface area contributed by atoms with Crippen LogP contribution in [0, 0.1) is 0 Å². The molecule has 0 radical (unpaired) electrons. The van der Waals surface area contributed by atoms with Gasteiger partial charge in [-0.25, -0.2) is 0 Å². The van der Waals surface area contributed by atoms with Crippen LogP contribution < -0.4 is 5.32 Å². The van der Waals surface area contributed by atoms with Crippen molar-refractivity contribution < 1.29 is 9.21 Å². The minimum atomic E-state index is -0.128. The summed E-state index contributed by atoms with van der Waals surface area (Å²) in [4.78, 5) is 14.4. The summed E-state index contributed by atoms with van der Waals surface area (Å²) in [5.41, 5.74) is 1.04. The molecule has 0 aliphatic carbocycles. The van der Waals surface area contributed by atoms with E-state index >= 15 is 0 Å². The van der Waals surface area contributed by atoms with Crippen LogP contribution in [0.15, 0.2) is 22.6 Å². The van der Waals surface area contributed by atoms with Crippen LogP contribution >= 0.6 is 0 Å². The third kappa shape index (κ3) is 3.97. The van der Waals surface area contributed by atoms with Crippen LogP contribution in [0.25, 0.3) is 5.57 Å². The fourth-order valence-electron chi connectivity index (χ4n) is 2.41. The van der Waals surface area contributed by atoms with E-state index in [2.05, 4.69) is 10.2 Å². The van der Waals surface area contributed by atoms with Crippen LogP contribution in [0.4, 0.5) is 0 Å². The Kier molecular flexibility index (Phi) is 5.41. The van der Waals surface area contributed by atoms with Crippen LogP contribution in [-0.4, -0.2) is 37.0 Å². The molecular weight excluding hydrogens is 252 g/mol. The highest BCUT2D eigenvalue weighted by atomic mass is 16.3. The summed E-state index contributed by atoms with van der Waals surface area (Å²) < 4.78 is 5.55.